The van der Waals surface area contributed by atoms with Crippen molar-refractivity contribution < 1.29 is 88.4 Å². The van der Waals surface area contributed by atoms with Gasteiger partial charge in [0.1, 0.15) is 36.6 Å². The highest BCUT2D eigenvalue weighted by Crippen LogP contribution is 2.26. The Labute approximate surface area is 149 Å². The molecule has 21 heteroatoms. The van der Waals surface area contributed by atoms with E-state index in [0.717, 1.165) is 0 Å². The number of rotatable bonds is 0. The largest absolute Gasteiger partial charge is 0.466 e. The topological polar surface area (TPSA) is 355 Å². The lowest BCUT2D eigenvalue weighted by molar-refractivity contribution is -0.223. The molecule has 1 aliphatic rings. The van der Waals surface area contributed by atoms with Crippen molar-refractivity contribution in [3.8, 4) is 0 Å². The van der Waals surface area contributed by atoms with E-state index < -0.39 is 60.1 Å². The first-order chi connectivity index (χ1) is 11.5. The van der Waals surface area contributed by atoms with Crippen LogP contribution in [-0.2, 0) is 13.7 Å². The van der Waals surface area contributed by atoms with Crippen LogP contribution in [0.5, 0.6) is 0 Å². The highest BCUT2D eigenvalue weighted by molar-refractivity contribution is 7.45. The number of phosphoric acid groups is 3. The average molecular weight is 474 g/mol. The summed E-state index contributed by atoms with van der Waals surface area (Å²) >= 11 is 0. The summed E-state index contributed by atoms with van der Waals surface area (Å²) in [4.78, 5) is 64.7. The molecule has 0 aliphatic heterocycles. The van der Waals surface area contributed by atoms with Crippen LogP contribution in [0.3, 0.4) is 0 Å². The summed E-state index contributed by atoms with van der Waals surface area (Å²) in [5.74, 6) is 0. The van der Waals surface area contributed by atoms with Crippen molar-refractivity contribution in [1.82, 2.24) is 0 Å². The number of aliphatic hydroxyl groups is 6. The smallest absolute Gasteiger partial charge is 0.387 e. The van der Waals surface area contributed by atoms with E-state index >= 15 is 0 Å². The molecular formula is C6H21O18P3. The SMILES string of the molecule is O=P(O)(O)O.O=P(O)(O)O.O=P(O)(O)O.O[C@H]1[C@H](O)[C@@H](O)[C@H](O)[C@@H](O)[C@H]1O. The molecule has 1 fully saturated rings. The van der Waals surface area contributed by atoms with E-state index in [4.69, 9.17) is 88.4 Å². The van der Waals surface area contributed by atoms with Gasteiger partial charge in [0.15, 0.2) is 0 Å². The van der Waals surface area contributed by atoms with Gasteiger partial charge in [-0.2, -0.15) is 0 Å². The fourth-order valence-corrected chi connectivity index (χ4v) is 1.21. The summed E-state index contributed by atoms with van der Waals surface area (Å²) in [6.07, 6.45) is -9.84. The zero-order chi connectivity index (χ0) is 23.0. The molecule has 0 saturated heterocycles. The molecule has 0 unspecified atom stereocenters. The standard InChI is InChI=1S/C6H12O6.3H3O4P/c7-1-2(8)4(10)6(12)5(11)3(1)9;3*1-5(2,3)4/h1-12H;3*(H3,1,2,3,4)/t1-,2-,3-,4+,5-,6-;;;. The van der Waals surface area contributed by atoms with Crippen molar-refractivity contribution in [2.45, 2.75) is 36.6 Å². The molecule has 0 aromatic rings. The predicted octanol–water partition coefficient (Wildman–Crippen LogP) is -6.62. The lowest BCUT2D eigenvalue weighted by atomic mass is 9.85. The maximum absolute atomic E-state index is 8.97. The first kappa shape index (κ1) is 31.8. The number of hydrogen-bond acceptors (Lipinski definition) is 9. The Morgan fingerprint density at radius 3 is 0.407 bits per heavy atom. The van der Waals surface area contributed by atoms with Crippen molar-refractivity contribution >= 4 is 23.5 Å². The van der Waals surface area contributed by atoms with Gasteiger partial charge in [0, 0.05) is 0 Å². The minimum Gasteiger partial charge on any atom is -0.387 e. The molecule has 0 aromatic heterocycles. The van der Waals surface area contributed by atoms with Crippen LogP contribution >= 0.6 is 23.5 Å². The Balaban J connectivity index is -0.000000323. The van der Waals surface area contributed by atoms with E-state index in [1.165, 1.54) is 0 Å². The van der Waals surface area contributed by atoms with E-state index in [0.29, 0.717) is 0 Å². The first-order valence-electron chi connectivity index (χ1n) is 5.90. The highest BCUT2D eigenvalue weighted by atomic mass is 31.2. The Morgan fingerprint density at radius 2 is 0.370 bits per heavy atom. The van der Waals surface area contributed by atoms with Gasteiger partial charge in [0.2, 0.25) is 0 Å². The van der Waals surface area contributed by atoms with Gasteiger partial charge in [0.25, 0.3) is 0 Å². The van der Waals surface area contributed by atoms with Crippen LogP contribution in [0.4, 0.5) is 0 Å². The van der Waals surface area contributed by atoms with Crippen molar-refractivity contribution in [3.63, 3.8) is 0 Å². The van der Waals surface area contributed by atoms with Crippen LogP contribution in [0.15, 0.2) is 0 Å². The molecule has 27 heavy (non-hydrogen) atoms. The summed E-state index contributed by atoms with van der Waals surface area (Å²) in [5.41, 5.74) is 0. The van der Waals surface area contributed by atoms with Gasteiger partial charge in [-0.3, -0.25) is 0 Å². The van der Waals surface area contributed by atoms with Crippen LogP contribution < -0.4 is 0 Å². The Hall–Kier alpha value is 0.0900. The lowest BCUT2D eigenvalue weighted by Crippen LogP contribution is -2.63. The zero-order valence-corrected chi connectivity index (χ0v) is 15.4. The first-order valence-corrected chi connectivity index (χ1v) is 10.6. The van der Waals surface area contributed by atoms with Crippen molar-refractivity contribution in [2.75, 3.05) is 0 Å². The monoisotopic (exact) mass is 474 g/mol. The van der Waals surface area contributed by atoms with Gasteiger partial charge in [-0.25, -0.2) is 13.7 Å². The van der Waals surface area contributed by atoms with Gasteiger partial charge in [0.05, 0.1) is 0 Å². The molecule has 1 rings (SSSR count). The fraction of sp³-hybridized carbons (Fsp3) is 1.00. The highest BCUT2D eigenvalue weighted by Gasteiger charge is 2.47. The molecule has 0 bridgehead atoms. The summed E-state index contributed by atoms with van der Waals surface area (Å²) in [5, 5.41) is 53.8. The number of aliphatic hydroxyl groups excluding tert-OH is 6. The zero-order valence-electron chi connectivity index (χ0n) is 12.7. The molecule has 168 valence electrons. The molecule has 0 heterocycles. The third kappa shape index (κ3) is 26.1. The fourth-order valence-electron chi connectivity index (χ4n) is 1.21. The van der Waals surface area contributed by atoms with Crippen molar-refractivity contribution in [2.24, 2.45) is 0 Å². The second-order valence-electron chi connectivity index (χ2n) is 4.48. The summed E-state index contributed by atoms with van der Waals surface area (Å²) < 4.78 is 26.6. The molecule has 0 aromatic carbocycles. The molecule has 18 nitrogen and oxygen atoms in total. The van der Waals surface area contributed by atoms with Crippen LogP contribution in [-0.4, -0.2) is 111 Å². The third-order valence-corrected chi connectivity index (χ3v) is 2.10. The molecular weight excluding hydrogens is 453 g/mol. The quantitative estimate of drug-likeness (QED) is 0.145. The van der Waals surface area contributed by atoms with E-state index in [2.05, 4.69) is 0 Å². The van der Waals surface area contributed by atoms with E-state index in [1.807, 2.05) is 0 Å². The molecule has 0 amide bonds. The van der Waals surface area contributed by atoms with Gasteiger partial charge >= 0.3 is 23.5 Å². The third-order valence-electron chi connectivity index (χ3n) is 2.10. The predicted molar refractivity (Wildman–Crippen MR) is 78.8 cm³/mol. The summed E-state index contributed by atoms with van der Waals surface area (Å²) in [7, 11) is -13.9. The van der Waals surface area contributed by atoms with Crippen LogP contribution in [0, 0.1) is 0 Å². The summed E-state index contributed by atoms with van der Waals surface area (Å²) in [6.45, 7) is 0. The minimum atomic E-state index is -4.64. The molecule has 15 N–H and O–H groups in total. The molecule has 1 saturated carbocycles. The molecule has 1 aliphatic carbocycles. The Morgan fingerprint density at radius 1 is 0.333 bits per heavy atom. The molecule has 0 radical (unpaired) electrons. The average Bonchev–Trinajstić information content (AvgIpc) is 2.35. The van der Waals surface area contributed by atoms with Crippen LogP contribution in [0.2, 0.25) is 0 Å². The van der Waals surface area contributed by atoms with Crippen molar-refractivity contribution in [1.29, 1.82) is 0 Å². The second kappa shape index (κ2) is 12.6. The maximum atomic E-state index is 8.97. The lowest BCUT2D eigenvalue weighted by Gasteiger charge is -2.39. The Kier molecular flexibility index (Phi) is 14.8. The van der Waals surface area contributed by atoms with E-state index in [1.54, 1.807) is 0 Å². The van der Waals surface area contributed by atoms with E-state index in [9.17, 15) is 0 Å². The molecule has 0 spiro atoms. The Bertz CT molecular complexity index is 402. The van der Waals surface area contributed by atoms with Crippen LogP contribution in [0.1, 0.15) is 0 Å². The normalized spacial score (nSPS) is 31.2. The van der Waals surface area contributed by atoms with Gasteiger partial charge < -0.3 is 74.7 Å². The van der Waals surface area contributed by atoms with Gasteiger partial charge in [-0.05, 0) is 0 Å². The second-order valence-corrected chi connectivity index (χ2v) is 7.56. The minimum absolute atomic E-state index is 1.64. The number of hydrogen-bond donors (Lipinski definition) is 15. The van der Waals surface area contributed by atoms with Crippen molar-refractivity contribution in [3.05, 3.63) is 0 Å². The van der Waals surface area contributed by atoms with E-state index in [-0.39, 0.29) is 0 Å². The van der Waals surface area contributed by atoms with Gasteiger partial charge in [-0.1, -0.05) is 0 Å². The maximum Gasteiger partial charge on any atom is 0.466 e. The van der Waals surface area contributed by atoms with Gasteiger partial charge in [-0.15, -0.1) is 0 Å². The summed E-state index contributed by atoms with van der Waals surface area (Å²) in [6, 6.07) is 0. The van der Waals surface area contributed by atoms with Crippen LogP contribution in [0.25, 0.3) is 0 Å². The molecule has 0 atom stereocenters.